The van der Waals surface area contributed by atoms with Crippen LogP contribution in [0.5, 0.6) is 0 Å². The number of carbonyl (C=O) groups excluding carboxylic acids is 1. The van der Waals surface area contributed by atoms with Crippen molar-refractivity contribution in [3.05, 3.63) is 53.6 Å². The van der Waals surface area contributed by atoms with Gasteiger partial charge in [-0.3, -0.25) is 14.4 Å². The number of nitrogens with one attached hydrogen (secondary N) is 1. The van der Waals surface area contributed by atoms with E-state index < -0.39 is 23.3 Å². The molecule has 296 valence electrons. The van der Waals surface area contributed by atoms with Gasteiger partial charge in [0.1, 0.15) is 0 Å². The molecule has 1 aromatic rings. The van der Waals surface area contributed by atoms with Gasteiger partial charge >= 0.3 is 17.9 Å². The van der Waals surface area contributed by atoms with Gasteiger partial charge in [0.25, 0.3) is 0 Å². The lowest BCUT2D eigenvalue weighted by Crippen LogP contribution is -2.66. The summed E-state index contributed by atoms with van der Waals surface area (Å²) in [5.74, 6) is -0.681. The van der Waals surface area contributed by atoms with Crippen molar-refractivity contribution in [2.45, 2.75) is 112 Å². The molecule has 9 heteroatoms. The molecule has 0 aliphatic heterocycles. The van der Waals surface area contributed by atoms with Crippen LogP contribution in [0.15, 0.2) is 42.5 Å². The molecule has 0 radical (unpaired) electrons. The number of hydrogen-bond acceptors (Lipinski definition) is 5. The lowest BCUT2D eigenvalue weighted by molar-refractivity contribution is -0.225. The van der Waals surface area contributed by atoms with Crippen molar-refractivity contribution in [2.75, 3.05) is 26.2 Å². The number of fused-ring (bicyclic) bond motifs is 7. The van der Waals surface area contributed by atoms with Gasteiger partial charge in [-0.15, -0.1) is 0 Å². The average Bonchev–Trinajstić information content (AvgIpc) is 3.50. The van der Waals surface area contributed by atoms with Gasteiger partial charge in [0.15, 0.2) is 0 Å². The number of allylic oxidation sites excluding steroid dienone is 3. The van der Waals surface area contributed by atoms with Crippen LogP contribution >= 0.6 is 0 Å². The van der Waals surface area contributed by atoms with E-state index in [1.807, 2.05) is 17.0 Å². The molecule has 4 N–H and O–H groups in total. The van der Waals surface area contributed by atoms with Crippen LogP contribution in [0.3, 0.4) is 0 Å². The van der Waals surface area contributed by atoms with Crippen LogP contribution in [0, 0.1) is 56.7 Å². The lowest BCUT2D eigenvalue weighted by Gasteiger charge is -2.72. The number of carbonyl (C=O) groups is 4. The number of aromatic carboxylic acids is 1. The first-order valence-electron chi connectivity index (χ1n) is 20.5. The zero-order valence-corrected chi connectivity index (χ0v) is 33.5. The maximum Gasteiger partial charge on any atom is 0.335 e. The Morgan fingerprint density at radius 2 is 1.44 bits per heavy atom. The fraction of sp³-hybridized carbons (Fsp3) is 0.689. The molecule has 0 heterocycles. The monoisotopic (exact) mass is 744 g/mol. The fourth-order valence-electron chi connectivity index (χ4n) is 13.8. The number of aliphatic carboxylic acids is 2. The standard InChI is InChI=1S/C45H64N2O7/c1-28(2)31-14-21-45(40(54)46-24-27-47(25-17-36(48)49)26-18-37(50)51)23-22-43(6)33(38(31)45)12-13-35-42(5)19-15-32(29-8-10-30(11-9-29)39(52)53)41(3,4)34(42)16-20-44(35,43)7/h8-11,15,31,33-35,38H,1,12-14,16-27H2,2-7H3,(H,46,54)(H,48,49)(H,50,51)(H,52,53)/t31-,33+,34?,35?,38?,42-,43+,44+,45-/m0/s1. The third-order valence-electron chi connectivity index (χ3n) is 16.5. The minimum Gasteiger partial charge on any atom is -0.481 e. The minimum atomic E-state index is -0.924. The number of carboxylic acid groups (broad SMARTS) is 3. The van der Waals surface area contributed by atoms with Crippen LogP contribution in [0.1, 0.15) is 128 Å². The Balaban J connectivity index is 1.24. The van der Waals surface area contributed by atoms with Gasteiger partial charge in [-0.2, -0.15) is 0 Å². The molecule has 4 saturated carbocycles. The Morgan fingerprint density at radius 1 is 0.796 bits per heavy atom. The first-order valence-corrected chi connectivity index (χ1v) is 20.5. The van der Waals surface area contributed by atoms with Crippen LogP contribution in [-0.2, 0) is 14.4 Å². The van der Waals surface area contributed by atoms with Crippen molar-refractivity contribution in [1.29, 1.82) is 0 Å². The topological polar surface area (TPSA) is 144 Å². The summed E-state index contributed by atoms with van der Waals surface area (Å²) in [5.41, 5.74) is 3.73. The van der Waals surface area contributed by atoms with Crippen molar-refractivity contribution in [2.24, 2.45) is 56.7 Å². The van der Waals surface area contributed by atoms with Gasteiger partial charge < -0.3 is 25.5 Å². The van der Waals surface area contributed by atoms with E-state index in [1.165, 1.54) is 11.1 Å². The average molecular weight is 745 g/mol. The predicted octanol–water partition coefficient (Wildman–Crippen LogP) is 8.40. The van der Waals surface area contributed by atoms with Crippen LogP contribution < -0.4 is 5.32 Å². The summed E-state index contributed by atoms with van der Waals surface area (Å²) >= 11 is 0. The first-order chi connectivity index (χ1) is 25.3. The third-order valence-corrected chi connectivity index (χ3v) is 16.5. The fourth-order valence-corrected chi connectivity index (χ4v) is 13.8. The molecule has 0 saturated heterocycles. The molecule has 9 atom stereocenters. The minimum absolute atomic E-state index is 0.0655. The molecule has 54 heavy (non-hydrogen) atoms. The SMILES string of the molecule is C=C(C)[C@@H]1CC[C@]2(C(=O)NCCN(CCC(=O)O)CCC(=O)O)CC[C@]3(C)[C@H](CCC4[C@@]5(C)CC=C(c6ccc(C(=O)O)cc6)C(C)(C)C5CC[C@]43C)C12. The van der Waals surface area contributed by atoms with E-state index in [9.17, 15) is 34.5 Å². The number of carboxylic acids is 3. The normalized spacial score (nSPS) is 36.5. The van der Waals surface area contributed by atoms with E-state index in [2.05, 4.69) is 59.5 Å². The number of hydrogen-bond donors (Lipinski definition) is 4. The summed E-state index contributed by atoms with van der Waals surface area (Å²) in [5, 5.41) is 31.2. The predicted molar refractivity (Wildman–Crippen MR) is 210 cm³/mol. The van der Waals surface area contributed by atoms with Crippen LogP contribution in [-0.4, -0.2) is 70.2 Å². The van der Waals surface area contributed by atoms with E-state index >= 15 is 0 Å². The molecule has 0 bridgehead atoms. The van der Waals surface area contributed by atoms with Gasteiger partial charge in [0.05, 0.1) is 23.8 Å². The summed E-state index contributed by atoms with van der Waals surface area (Å²) in [7, 11) is 0. The Kier molecular flexibility index (Phi) is 10.8. The molecule has 6 rings (SSSR count). The van der Waals surface area contributed by atoms with Crippen molar-refractivity contribution < 1.29 is 34.5 Å². The second-order valence-corrected chi connectivity index (χ2v) is 19.2. The van der Waals surface area contributed by atoms with Crippen molar-refractivity contribution in [3.8, 4) is 0 Å². The molecular weight excluding hydrogens is 681 g/mol. The Hall–Kier alpha value is -3.46. The highest BCUT2D eigenvalue weighted by atomic mass is 16.4. The van der Waals surface area contributed by atoms with Crippen LogP contribution in [0.4, 0.5) is 0 Å². The molecular formula is C45H64N2O7. The maximum atomic E-state index is 14.6. The second-order valence-electron chi connectivity index (χ2n) is 19.2. The number of rotatable bonds is 13. The zero-order valence-electron chi connectivity index (χ0n) is 33.5. The summed E-state index contributed by atoms with van der Waals surface area (Å²) in [6.45, 7) is 20.5. The Bertz CT molecular complexity index is 1680. The molecule has 0 aromatic heterocycles. The van der Waals surface area contributed by atoms with E-state index in [4.69, 9.17) is 0 Å². The van der Waals surface area contributed by atoms with Crippen LogP contribution in [0.2, 0.25) is 0 Å². The molecule has 1 amide bonds. The Labute approximate surface area is 322 Å². The van der Waals surface area contributed by atoms with Gasteiger partial charge in [-0.25, -0.2) is 4.79 Å². The molecule has 3 unspecified atom stereocenters. The molecule has 5 aliphatic rings. The second kappa shape index (κ2) is 14.6. The van der Waals surface area contributed by atoms with Crippen LogP contribution in [0.25, 0.3) is 5.57 Å². The number of amides is 1. The molecule has 1 aromatic carbocycles. The largest absolute Gasteiger partial charge is 0.481 e. The lowest BCUT2D eigenvalue weighted by atomic mass is 9.32. The number of benzene rings is 1. The third kappa shape index (κ3) is 6.54. The Morgan fingerprint density at radius 3 is 2.04 bits per heavy atom. The highest BCUT2D eigenvalue weighted by Gasteiger charge is 2.71. The number of nitrogens with zero attached hydrogens (tertiary/aromatic N) is 1. The smallest absolute Gasteiger partial charge is 0.335 e. The summed E-state index contributed by atoms with van der Waals surface area (Å²) in [6.07, 6.45) is 11.6. The van der Waals surface area contributed by atoms with Gasteiger partial charge in [-0.1, -0.05) is 65.0 Å². The summed E-state index contributed by atoms with van der Waals surface area (Å²) < 4.78 is 0. The summed E-state index contributed by atoms with van der Waals surface area (Å²) in [6, 6.07) is 7.43. The molecule has 9 nitrogen and oxygen atoms in total. The maximum absolute atomic E-state index is 14.6. The van der Waals surface area contributed by atoms with Gasteiger partial charge in [0, 0.05) is 26.2 Å². The van der Waals surface area contributed by atoms with E-state index in [-0.39, 0.29) is 59.4 Å². The zero-order chi connectivity index (χ0) is 39.4. The molecule has 0 spiro atoms. The molecule has 4 fully saturated rings. The highest BCUT2D eigenvalue weighted by Crippen LogP contribution is 2.77. The quantitative estimate of drug-likeness (QED) is 0.148. The van der Waals surface area contributed by atoms with Gasteiger partial charge in [0.2, 0.25) is 5.91 Å². The summed E-state index contributed by atoms with van der Waals surface area (Å²) in [4.78, 5) is 50.5. The van der Waals surface area contributed by atoms with Crippen molar-refractivity contribution in [3.63, 3.8) is 0 Å². The van der Waals surface area contributed by atoms with E-state index in [0.717, 1.165) is 63.4 Å². The van der Waals surface area contributed by atoms with Crippen molar-refractivity contribution in [1.82, 2.24) is 10.2 Å². The first kappa shape index (κ1) is 40.2. The molecule has 5 aliphatic carbocycles. The van der Waals surface area contributed by atoms with E-state index in [0.29, 0.717) is 42.3 Å². The highest BCUT2D eigenvalue weighted by molar-refractivity contribution is 5.88. The van der Waals surface area contributed by atoms with Gasteiger partial charge in [-0.05, 0) is 139 Å². The van der Waals surface area contributed by atoms with Crippen molar-refractivity contribution >= 4 is 29.4 Å². The van der Waals surface area contributed by atoms with E-state index in [1.54, 1.807) is 12.1 Å².